The van der Waals surface area contributed by atoms with Crippen molar-refractivity contribution >= 4 is 39.0 Å². The quantitative estimate of drug-likeness (QED) is 0.466. The minimum Gasteiger partial charge on any atom is -0.463 e. The Balaban J connectivity index is 2.96. The van der Waals surface area contributed by atoms with E-state index in [0.717, 1.165) is 9.35 Å². The van der Waals surface area contributed by atoms with Crippen molar-refractivity contribution in [2.45, 2.75) is 6.92 Å². The van der Waals surface area contributed by atoms with Crippen molar-refractivity contribution in [3.05, 3.63) is 20.3 Å². The van der Waals surface area contributed by atoms with Gasteiger partial charge in [0.25, 0.3) is 5.78 Å². The molecule has 13 heavy (non-hydrogen) atoms. The van der Waals surface area contributed by atoms with Gasteiger partial charge in [0.1, 0.15) is 0 Å². The van der Waals surface area contributed by atoms with E-state index in [1.54, 1.807) is 6.07 Å². The van der Waals surface area contributed by atoms with Gasteiger partial charge in [0, 0.05) is 0 Å². The average molecular weight is 263 g/mol. The Hall–Kier alpha value is -0.680. The number of thiophene rings is 1. The van der Waals surface area contributed by atoms with Gasteiger partial charge in [-0.3, -0.25) is 4.79 Å². The molecule has 1 rings (SSSR count). The Morgan fingerprint density at radius 1 is 1.54 bits per heavy atom. The number of rotatable bonds is 2. The molecule has 0 aliphatic heterocycles. The molecule has 1 heterocycles. The van der Waals surface area contributed by atoms with Gasteiger partial charge in [-0.2, -0.15) is 0 Å². The fourth-order valence-electron chi connectivity index (χ4n) is 0.765. The SMILES string of the molecule is COC(=O)C(=O)c1cc(C)c(Br)s1. The fourth-order valence-corrected chi connectivity index (χ4v) is 2.23. The molecule has 5 heteroatoms. The molecule has 0 amide bonds. The van der Waals surface area contributed by atoms with Gasteiger partial charge in [-0.15, -0.1) is 11.3 Å². The number of halogens is 1. The first-order valence-corrected chi connectivity index (χ1v) is 5.05. The number of hydrogen-bond acceptors (Lipinski definition) is 4. The van der Waals surface area contributed by atoms with Crippen LogP contribution in [0.4, 0.5) is 0 Å². The summed E-state index contributed by atoms with van der Waals surface area (Å²) in [6, 6.07) is 1.66. The van der Waals surface area contributed by atoms with Crippen LogP contribution in [0.15, 0.2) is 9.85 Å². The monoisotopic (exact) mass is 262 g/mol. The molecule has 0 aromatic carbocycles. The van der Waals surface area contributed by atoms with E-state index in [4.69, 9.17) is 0 Å². The highest BCUT2D eigenvalue weighted by Crippen LogP contribution is 2.27. The van der Waals surface area contributed by atoms with Gasteiger partial charge in [-0.25, -0.2) is 4.79 Å². The van der Waals surface area contributed by atoms with E-state index >= 15 is 0 Å². The Morgan fingerprint density at radius 2 is 2.15 bits per heavy atom. The second-order valence-electron chi connectivity index (χ2n) is 2.39. The molecule has 0 spiro atoms. The average Bonchev–Trinajstić information content (AvgIpc) is 2.44. The lowest BCUT2D eigenvalue weighted by molar-refractivity contribution is -0.135. The molecule has 0 N–H and O–H groups in total. The van der Waals surface area contributed by atoms with Gasteiger partial charge in [0.15, 0.2) is 0 Å². The second-order valence-corrected chi connectivity index (χ2v) is 4.76. The molecule has 0 radical (unpaired) electrons. The van der Waals surface area contributed by atoms with Crippen LogP contribution in [0.2, 0.25) is 0 Å². The predicted molar refractivity (Wildman–Crippen MR) is 53.1 cm³/mol. The smallest absolute Gasteiger partial charge is 0.380 e. The van der Waals surface area contributed by atoms with Crippen molar-refractivity contribution in [3.8, 4) is 0 Å². The lowest BCUT2D eigenvalue weighted by Gasteiger charge is -1.92. The summed E-state index contributed by atoms with van der Waals surface area (Å²) in [5, 5.41) is 0. The Morgan fingerprint density at radius 3 is 2.54 bits per heavy atom. The minimum atomic E-state index is -0.825. The molecular weight excluding hydrogens is 256 g/mol. The largest absolute Gasteiger partial charge is 0.463 e. The number of esters is 1. The minimum absolute atomic E-state index is 0.399. The summed E-state index contributed by atoms with van der Waals surface area (Å²) in [5.74, 6) is -1.42. The Kier molecular flexibility index (Phi) is 3.22. The first-order valence-electron chi connectivity index (χ1n) is 3.45. The molecule has 0 aliphatic carbocycles. The van der Waals surface area contributed by atoms with E-state index in [-0.39, 0.29) is 0 Å². The lowest BCUT2D eigenvalue weighted by Crippen LogP contribution is -2.14. The zero-order chi connectivity index (χ0) is 10.0. The van der Waals surface area contributed by atoms with Crippen LogP contribution in [0.1, 0.15) is 15.2 Å². The number of carbonyl (C=O) groups excluding carboxylic acids is 2. The van der Waals surface area contributed by atoms with Gasteiger partial charge >= 0.3 is 5.97 Å². The number of hydrogen-bond donors (Lipinski definition) is 0. The number of ether oxygens (including phenoxy) is 1. The maximum Gasteiger partial charge on any atom is 0.380 e. The van der Waals surface area contributed by atoms with Gasteiger partial charge in [0.2, 0.25) is 0 Å². The molecule has 0 atom stereocenters. The van der Waals surface area contributed by atoms with Gasteiger partial charge in [0.05, 0.1) is 15.8 Å². The van der Waals surface area contributed by atoms with Crippen molar-refractivity contribution in [3.63, 3.8) is 0 Å². The molecule has 3 nitrogen and oxygen atoms in total. The van der Waals surface area contributed by atoms with Crippen LogP contribution in [0.5, 0.6) is 0 Å². The maximum atomic E-state index is 11.3. The zero-order valence-corrected chi connectivity index (χ0v) is 9.49. The van der Waals surface area contributed by atoms with Crippen molar-refractivity contribution < 1.29 is 14.3 Å². The number of aryl methyl sites for hydroxylation is 1. The molecule has 0 unspecified atom stereocenters. The van der Waals surface area contributed by atoms with Crippen molar-refractivity contribution in [2.75, 3.05) is 7.11 Å². The fraction of sp³-hybridized carbons (Fsp3) is 0.250. The first-order chi connectivity index (χ1) is 6.06. The third kappa shape index (κ3) is 2.16. The Bertz CT molecular complexity index is 337. The molecule has 0 bridgehead atoms. The normalized spacial score (nSPS) is 9.77. The lowest BCUT2D eigenvalue weighted by atomic mass is 10.3. The zero-order valence-electron chi connectivity index (χ0n) is 7.09. The number of carbonyl (C=O) groups is 2. The van der Waals surface area contributed by atoms with Crippen molar-refractivity contribution in [1.29, 1.82) is 0 Å². The van der Waals surface area contributed by atoms with E-state index in [1.165, 1.54) is 18.4 Å². The van der Waals surface area contributed by atoms with E-state index in [2.05, 4.69) is 20.7 Å². The molecule has 0 fully saturated rings. The second kappa shape index (κ2) is 4.02. The summed E-state index contributed by atoms with van der Waals surface area (Å²) in [4.78, 5) is 22.5. The maximum absolute atomic E-state index is 11.3. The van der Waals surface area contributed by atoms with E-state index in [9.17, 15) is 9.59 Å². The summed E-state index contributed by atoms with van der Waals surface area (Å²) >= 11 is 4.50. The summed E-state index contributed by atoms with van der Waals surface area (Å²) in [5.41, 5.74) is 0.942. The Labute approximate surface area is 87.8 Å². The topological polar surface area (TPSA) is 43.4 Å². The number of methoxy groups -OCH3 is 1. The highest BCUT2D eigenvalue weighted by molar-refractivity contribution is 9.11. The van der Waals surface area contributed by atoms with E-state index in [0.29, 0.717) is 4.88 Å². The van der Waals surface area contributed by atoms with Gasteiger partial charge in [-0.1, -0.05) is 0 Å². The predicted octanol–water partition coefficient (Wildman–Crippen LogP) is 2.17. The number of Topliss-reactive ketones (excluding diaryl/α,β-unsaturated/α-hetero) is 1. The van der Waals surface area contributed by atoms with Crippen LogP contribution < -0.4 is 0 Å². The van der Waals surface area contributed by atoms with Crippen LogP contribution in [0, 0.1) is 6.92 Å². The summed E-state index contributed by atoms with van der Waals surface area (Å²) in [6.45, 7) is 1.86. The molecule has 0 aliphatic rings. The molecule has 0 saturated carbocycles. The van der Waals surface area contributed by atoms with Crippen LogP contribution in [-0.4, -0.2) is 18.9 Å². The van der Waals surface area contributed by atoms with Crippen LogP contribution in [0.3, 0.4) is 0 Å². The van der Waals surface area contributed by atoms with Crippen LogP contribution >= 0.6 is 27.3 Å². The highest BCUT2D eigenvalue weighted by atomic mass is 79.9. The third-order valence-corrected chi connectivity index (χ3v) is 3.59. The molecule has 0 saturated heterocycles. The summed E-state index contributed by atoms with van der Waals surface area (Å²) in [7, 11) is 1.19. The van der Waals surface area contributed by atoms with Crippen LogP contribution in [0.25, 0.3) is 0 Å². The molecule has 70 valence electrons. The first kappa shape index (κ1) is 10.4. The molecule has 1 aromatic rings. The van der Waals surface area contributed by atoms with Crippen LogP contribution in [-0.2, 0) is 9.53 Å². The number of ketones is 1. The van der Waals surface area contributed by atoms with Gasteiger partial charge in [-0.05, 0) is 34.5 Å². The highest BCUT2D eigenvalue weighted by Gasteiger charge is 2.19. The van der Waals surface area contributed by atoms with Crippen molar-refractivity contribution in [1.82, 2.24) is 0 Å². The third-order valence-electron chi connectivity index (χ3n) is 1.45. The summed E-state index contributed by atoms with van der Waals surface area (Å²) in [6.07, 6.45) is 0. The standard InChI is InChI=1S/C8H7BrO3S/c1-4-3-5(13-7(4)9)6(10)8(11)12-2/h3H,1-2H3. The van der Waals surface area contributed by atoms with E-state index < -0.39 is 11.8 Å². The summed E-state index contributed by atoms with van der Waals surface area (Å²) < 4.78 is 5.18. The van der Waals surface area contributed by atoms with Crippen molar-refractivity contribution in [2.24, 2.45) is 0 Å². The molecular formula is C8H7BrO3S. The van der Waals surface area contributed by atoms with E-state index in [1.807, 2.05) is 6.92 Å². The molecule has 1 aromatic heterocycles. The van der Waals surface area contributed by atoms with Gasteiger partial charge < -0.3 is 4.74 Å².